The molecule has 1 aromatic carbocycles. The Labute approximate surface area is 151 Å². The number of aromatic nitrogens is 2. The summed E-state index contributed by atoms with van der Waals surface area (Å²) >= 11 is 5.84. The van der Waals surface area contributed by atoms with Gasteiger partial charge in [-0.1, -0.05) is 36.6 Å². The Morgan fingerprint density at radius 3 is 2.60 bits per heavy atom. The smallest absolute Gasteiger partial charge is 0.272 e. The quantitative estimate of drug-likeness (QED) is 0.860. The summed E-state index contributed by atoms with van der Waals surface area (Å²) in [5.41, 5.74) is 1.22. The molecule has 7 heteroatoms. The zero-order valence-electron chi connectivity index (χ0n) is 14.1. The summed E-state index contributed by atoms with van der Waals surface area (Å²) in [6, 6.07) is 8.87. The van der Waals surface area contributed by atoms with Crippen LogP contribution in [0.2, 0.25) is 5.02 Å². The number of anilines is 1. The lowest BCUT2D eigenvalue weighted by Gasteiger charge is -2.09. The maximum atomic E-state index is 12.3. The van der Waals surface area contributed by atoms with Gasteiger partial charge in [-0.25, -0.2) is 0 Å². The molecular weight excluding hydrogens is 340 g/mol. The second kappa shape index (κ2) is 7.70. The lowest BCUT2D eigenvalue weighted by atomic mass is 10.1. The van der Waals surface area contributed by atoms with Crippen molar-refractivity contribution in [2.75, 3.05) is 5.32 Å². The second-order valence-corrected chi connectivity index (χ2v) is 6.75. The Morgan fingerprint density at radius 2 is 1.92 bits per heavy atom. The molecule has 2 amide bonds. The lowest BCUT2D eigenvalue weighted by Crippen LogP contribution is -2.23. The van der Waals surface area contributed by atoms with Crippen molar-refractivity contribution in [3.05, 3.63) is 46.6 Å². The third-order valence-corrected chi connectivity index (χ3v) is 4.71. The Bertz CT molecular complexity index is 764. The fourth-order valence-electron chi connectivity index (χ4n) is 2.99. The highest BCUT2D eigenvalue weighted by molar-refractivity contribution is 6.30. The number of hydrogen-bond acceptors (Lipinski definition) is 3. The minimum absolute atomic E-state index is 0.00798. The van der Waals surface area contributed by atoms with Gasteiger partial charge < -0.3 is 10.6 Å². The first-order valence-corrected chi connectivity index (χ1v) is 8.78. The summed E-state index contributed by atoms with van der Waals surface area (Å²) in [5, 5.41) is 10.5. The molecule has 25 heavy (non-hydrogen) atoms. The average molecular weight is 361 g/mol. The van der Waals surface area contributed by atoms with Crippen LogP contribution in [-0.4, -0.2) is 21.6 Å². The first-order chi connectivity index (χ1) is 12.0. The summed E-state index contributed by atoms with van der Waals surface area (Å²) in [6.45, 7) is 0.385. The molecule has 1 fully saturated rings. The van der Waals surface area contributed by atoms with E-state index in [1.165, 1.54) is 4.68 Å². The third kappa shape index (κ3) is 4.39. The molecule has 0 saturated heterocycles. The van der Waals surface area contributed by atoms with Crippen LogP contribution in [0, 0.1) is 5.92 Å². The maximum absolute atomic E-state index is 12.3. The van der Waals surface area contributed by atoms with E-state index in [0.717, 1.165) is 31.2 Å². The van der Waals surface area contributed by atoms with Gasteiger partial charge in [-0.15, -0.1) is 0 Å². The van der Waals surface area contributed by atoms with Crippen LogP contribution in [0.3, 0.4) is 0 Å². The Balaban J connectivity index is 1.59. The van der Waals surface area contributed by atoms with Gasteiger partial charge in [0.1, 0.15) is 5.82 Å². The van der Waals surface area contributed by atoms with Gasteiger partial charge in [-0.3, -0.25) is 14.3 Å². The number of carbonyl (C=O) groups excluding carboxylic acids is 2. The SMILES string of the molecule is Cn1nc(C(=O)NCc2ccc(Cl)cc2)cc1NC(=O)C1CCCC1. The zero-order chi connectivity index (χ0) is 17.8. The molecule has 1 aliphatic rings. The van der Waals surface area contributed by atoms with Gasteiger partial charge >= 0.3 is 0 Å². The highest BCUT2D eigenvalue weighted by atomic mass is 35.5. The van der Waals surface area contributed by atoms with Crippen molar-refractivity contribution in [1.82, 2.24) is 15.1 Å². The fraction of sp³-hybridized carbons (Fsp3) is 0.389. The van der Waals surface area contributed by atoms with Gasteiger partial charge in [0.2, 0.25) is 5.91 Å². The molecule has 0 radical (unpaired) electrons. The molecule has 6 nitrogen and oxygen atoms in total. The topological polar surface area (TPSA) is 76.0 Å². The summed E-state index contributed by atoms with van der Waals surface area (Å²) < 4.78 is 1.52. The Kier molecular flexibility index (Phi) is 5.38. The molecule has 2 N–H and O–H groups in total. The Morgan fingerprint density at radius 1 is 1.24 bits per heavy atom. The highest BCUT2D eigenvalue weighted by Crippen LogP contribution is 2.26. The van der Waals surface area contributed by atoms with Gasteiger partial charge in [0.05, 0.1) is 0 Å². The van der Waals surface area contributed by atoms with Crippen molar-refractivity contribution in [2.45, 2.75) is 32.2 Å². The van der Waals surface area contributed by atoms with E-state index < -0.39 is 0 Å². The zero-order valence-corrected chi connectivity index (χ0v) is 14.8. The predicted octanol–water partition coefficient (Wildman–Crippen LogP) is 3.13. The molecule has 1 aromatic heterocycles. The van der Waals surface area contributed by atoms with Crippen LogP contribution in [0.1, 0.15) is 41.7 Å². The fourth-order valence-corrected chi connectivity index (χ4v) is 3.11. The molecular formula is C18H21ClN4O2. The molecule has 132 valence electrons. The van der Waals surface area contributed by atoms with E-state index in [9.17, 15) is 9.59 Å². The van der Waals surface area contributed by atoms with Crippen LogP contribution in [0.5, 0.6) is 0 Å². The van der Waals surface area contributed by atoms with Crippen LogP contribution in [0.15, 0.2) is 30.3 Å². The summed E-state index contributed by atoms with van der Waals surface area (Å²) in [5.74, 6) is 0.325. The normalized spacial score (nSPS) is 14.5. The molecule has 2 aromatic rings. The number of rotatable bonds is 5. The van der Waals surface area contributed by atoms with Gasteiger partial charge in [0, 0.05) is 30.6 Å². The van der Waals surface area contributed by atoms with Crippen LogP contribution >= 0.6 is 11.6 Å². The molecule has 1 heterocycles. The van der Waals surface area contributed by atoms with E-state index in [1.807, 2.05) is 12.1 Å². The molecule has 1 aliphatic carbocycles. The number of carbonyl (C=O) groups is 2. The molecule has 0 unspecified atom stereocenters. The number of benzene rings is 1. The van der Waals surface area contributed by atoms with Crippen molar-refractivity contribution in [3.8, 4) is 0 Å². The first-order valence-electron chi connectivity index (χ1n) is 8.40. The monoisotopic (exact) mass is 360 g/mol. The molecule has 3 rings (SSSR count). The average Bonchev–Trinajstić information content (AvgIpc) is 3.25. The van der Waals surface area contributed by atoms with Crippen molar-refractivity contribution < 1.29 is 9.59 Å². The van der Waals surface area contributed by atoms with Gasteiger partial charge in [-0.2, -0.15) is 5.10 Å². The van der Waals surface area contributed by atoms with E-state index in [4.69, 9.17) is 11.6 Å². The second-order valence-electron chi connectivity index (χ2n) is 6.32. The first kappa shape index (κ1) is 17.5. The van der Waals surface area contributed by atoms with Crippen LogP contribution in [0.4, 0.5) is 5.82 Å². The predicted molar refractivity (Wildman–Crippen MR) is 96.4 cm³/mol. The molecule has 0 spiro atoms. The van der Waals surface area contributed by atoms with Crippen molar-refractivity contribution in [2.24, 2.45) is 13.0 Å². The van der Waals surface area contributed by atoms with E-state index in [1.54, 1.807) is 25.2 Å². The number of aryl methyl sites for hydroxylation is 1. The molecule has 0 aliphatic heterocycles. The number of nitrogens with zero attached hydrogens (tertiary/aromatic N) is 2. The summed E-state index contributed by atoms with van der Waals surface area (Å²) in [4.78, 5) is 24.5. The van der Waals surface area contributed by atoms with E-state index >= 15 is 0 Å². The van der Waals surface area contributed by atoms with Crippen LogP contribution < -0.4 is 10.6 Å². The summed E-state index contributed by atoms with van der Waals surface area (Å²) in [7, 11) is 1.71. The minimum atomic E-state index is -0.285. The highest BCUT2D eigenvalue weighted by Gasteiger charge is 2.24. The number of amides is 2. The lowest BCUT2D eigenvalue weighted by molar-refractivity contribution is -0.119. The number of hydrogen-bond donors (Lipinski definition) is 2. The van der Waals surface area contributed by atoms with Crippen molar-refractivity contribution >= 4 is 29.2 Å². The van der Waals surface area contributed by atoms with Crippen LogP contribution in [-0.2, 0) is 18.4 Å². The largest absolute Gasteiger partial charge is 0.347 e. The van der Waals surface area contributed by atoms with E-state index in [-0.39, 0.29) is 23.4 Å². The minimum Gasteiger partial charge on any atom is -0.347 e. The van der Waals surface area contributed by atoms with Crippen LogP contribution in [0.25, 0.3) is 0 Å². The third-order valence-electron chi connectivity index (χ3n) is 4.46. The van der Waals surface area contributed by atoms with E-state index in [2.05, 4.69) is 15.7 Å². The molecule has 0 atom stereocenters. The molecule has 0 bridgehead atoms. The van der Waals surface area contributed by atoms with Gasteiger partial charge in [0.15, 0.2) is 5.69 Å². The van der Waals surface area contributed by atoms with Gasteiger partial charge in [-0.05, 0) is 30.5 Å². The molecule has 1 saturated carbocycles. The summed E-state index contributed by atoms with van der Waals surface area (Å²) in [6.07, 6.45) is 4.06. The van der Waals surface area contributed by atoms with Crippen molar-refractivity contribution in [3.63, 3.8) is 0 Å². The van der Waals surface area contributed by atoms with Gasteiger partial charge in [0.25, 0.3) is 5.91 Å². The number of halogens is 1. The maximum Gasteiger partial charge on any atom is 0.272 e. The van der Waals surface area contributed by atoms with E-state index in [0.29, 0.717) is 17.4 Å². The number of nitrogens with one attached hydrogen (secondary N) is 2. The van der Waals surface area contributed by atoms with Crippen molar-refractivity contribution in [1.29, 1.82) is 0 Å². The standard InChI is InChI=1S/C18H21ClN4O2/c1-23-16(21-17(24)13-4-2-3-5-13)10-15(22-23)18(25)20-11-12-6-8-14(19)9-7-12/h6-10,13H,2-5,11H2,1H3,(H,20,25)(H,21,24). The Hall–Kier alpha value is -2.34.